The summed E-state index contributed by atoms with van der Waals surface area (Å²) in [5.74, 6) is 0.0356. The van der Waals surface area contributed by atoms with Gasteiger partial charge in [-0.1, -0.05) is 23.9 Å². The number of amidine groups is 1. The predicted molar refractivity (Wildman–Crippen MR) is 97.7 cm³/mol. The standard InChI is InChI=1S/C17H16N4O3S/c1-11-4-2-5-12(8-11)19-16(23)14-9-15(22)20-17(25-14)21-18-10-13-6-3-7-24-13/h2-8,10,14H,9H2,1H3,(H,19,23)(H,20,21,22)/b18-10-. The van der Waals surface area contributed by atoms with Crippen molar-refractivity contribution in [3.63, 3.8) is 0 Å². The fourth-order valence-electron chi connectivity index (χ4n) is 2.19. The van der Waals surface area contributed by atoms with Crippen LogP contribution in [-0.2, 0) is 9.59 Å². The second kappa shape index (κ2) is 7.80. The Morgan fingerprint density at radius 3 is 3.04 bits per heavy atom. The minimum absolute atomic E-state index is 0.0865. The summed E-state index contributed by atoms with van der Waals surface area (Å²) in [4.78, 5) is 24.2. The van der Waals surface area contributed by atoms with Crippen LogP contribution >= 0.6 is 11.8 Å². The Bertz CT molecular complexity index is 830. The van der Waals surface area contributed by atoms with E-state index in [4.69, 9.17) is 4.42 Å². The van der Waals surface area contributed by atoms with Gasteiger partial charge in [-0.15, -0.1) is 5.10 Å². The summed E-state index contributed by atoms with van der Waals surface area (Å²) in [6, 6.07) is 10.9. The van der Waals surface area contributed by atoms with Crippen molar-refractivity contribution in [3.8, 4) is 0 Å². The maximum Gasteiger partial charge on any atom is 0.238 e. The quantitative estimate of drug-likeness (QED) is 0.650. The van der Waals surface area contributed by atoms with Crippen LogP contribution in [0.5, 0.6) is 0 Å². The molecule has 25 heavy (non-hydrogen) atoms. The number of hydrogen-bond acceptors (Lipinski definition) is 6. The van der Waals surface area contributed by atoms with Gasteiger partial charge in [0.05, 0.1) is 12.5 Å². The number of rotatable bonds is 4. The van der Waals surface area contributed by atoms with Crippen molar-refractivity contribution in [3.05, 3.63) is 54.0 Å². The molecule has 128 valence electrons. The highest BCUT2D eigenvalue weighted by Crippen LogP contribution is 2.22. The van der Waals surface area contributed by atoms with E-state index in [2.05, 4.69) is 20.8 Å². The molecule has 0 bridgehead atoms. The number of nitrogens with zero attached hydrogens (tertiary/aromatic N) is 2. The first-order valence-electron chi connectivity index (χ1n) is 7.59. The lowest BCUT2D eigenvalue weighted by Crippen LogP contribution is -2.41. The van der Waals surface area contributed by atoms with E-state index in [1.54, 1.807) is 18.2 Å². The minimum atomic E-state index is -0.563. The molecule has 2 heterocycles. The SMILES string of the molecule is Cc1cccc(NC(=O)C2CC(=O)N/C(=N\N=C/c3ccco3)S2)c1. The van der Waals surface area contributed by atoms with Gasteiger partial charge in [-0.3, -0.25) is 9.59 Å². The Balaban J connectivity index is 1.65. The van der Waals surface area contributed by atoms with Gasteiger partial charge in [-0.2, -0.15) is 5.10 Å². The molecule has 8 heteroatoms. The molecule has 7 nitrogen and oxygen atoms in total. The highest BCUT2D eigenvalue weighted by Gasteiger charge is 2.30. The van der Waals surface area contributed by atoms with E-state index >= 15 is 0 Å². The highest BCUT2D eigenvalue weighted by atomic mass is 32.2. The fourth-order valence-corrected chi connectivity index (χ4v) is 3.13. The lowest BCUT2D eigenvalue weighted by molar-refractivity contribution is -0.123. The first-order chi connectivity index (χ1) is 12.1. The third-order valence-corrected chi connectivity index (χ3v) is 4.40. The molecule has 1 aromatic carbocycles. The number of aryl methyl sites for hydroxylation is 1. The van der Waals surface area contributed by atoms with Crippen molar-refractivity contribution in [2.24, 2.45) is 10.2 Å². The maximum atomic E-state index is 12.4. The van der Waals surface area contributed by atoms with Crippen LogP contribution in [0.3, 0.4) is 0 Å². The van der Waals surface area contributed by atoms with Crippen molar-refractivity contribution in [1.29, 1.82) is 0 Å². The first-order valence-corrected chi connectivity index (χ1v) is 8.47. The third kappa shape index (κ3) is 4.80. The highest BCUT2D eigenvalue weighted by molar-refractivity contribution is 8.15. The van der Waals surface area contributed by atoms with Gasteiger partial charge in [0, 0.05) is 12.1 Å². The maximum absolute atomic E-state index is 12.4. The van der Waals surface area contributed by atoms with Gasteiger partial charge in [-0.25, -0.2) is 0 Å². The molecular weight excluding hydrogens is 340 g/mol. The van der Waals surface area contributed by atoms with Crippen molar-refractivity contribution in [1.82, 2.24) is 5.32 Å². The first kappa shape index (κ1) is 17.0. The summed E-state index contributed by atoms with van der Waals surface area (Å²) in [7, 11) is 0. The normalized spacial score (nSPS) is 19.2. The molecule has 0 aliphatic carbocycles. The Hall–Kier alpha value is -2.87. The zero-order valence-electron chi connectivity index (χ0n) is 13.4. The molecule has 1 saturated heterocycles. The topological polar surface area (TPSA) is 96.1 Å². The van der Waals surface area contributed by atoms with Gasteiger partial charge >= 0.3 is 0 Å². The molecule has 2 N–H and O–H groups in total. The summed E-state index contributed by atoms with van der Waals surface area (Å²) in [6.45, 7) is 1.94. The van der Waals surface area contributed by atoms with Crippen LogP contribution in [0.2, 0.25) is 0 Å². The number of benzene rings is 1. The third-order valence-electron chi connectivity index (χ3n) is 3.33. The Morgan fingerprint density at radius 1 is 1.40 bits per heavy atom. The number of thioether (sulfide) groups is 1. The van der Waals surface area contributed by atoms with Crippen LogP contribution in [-0.4, -0.2) is 28.4 Å². The van der Waals surface area contributed by atoms with E-state index in [1.807, 2.05) is 25.1 Å². The largest absolute Gasteiger partial charge is 0.463 e. The van der Waals surface area contributed by atoms with Gasteiger partial charge < -0.3 is 15.1 Å². The summed E-state index contributed by atoms with van der Waals surface area (Å²) in [5, 5.41) is 12.9. The molecule has 1 unspecified atom stereocenters. The van der Waals surface area contributed by atoms with Crippen molar-refractivity contribution >= 4 is 40.6 Å². The van der Waals surface area contributed by atoms with E-state index in [1.165, 1.54) is 24.2 Å². The number of furan rings is 1. The van der Waals surface area contributed by atoms with Gasteiger partial charge in [0.15, 0.2) is 5.17 Å². The molecule has 1 aliphatic heterocycles. The van der Waals surface area contributed by atoms with E-state index < -0.39 is 5.25 Å². The Kier molecular flexibility index (Phi) is 5.30. The number of nitrogens with one attached hydrogen (secondary N) is 2. The lowest BCUT2D eigenvalue weighted by atomic mass is 10.2. The number of hydrogen-bond donors (Lipinski definition) is 2. The van der Waals surface area contributed by atoms with Crippen LogP contribution in [0.1, 0.15) is 17.7 Å². The van der Waals surface area contributed by atoms with Crippen molar-refractivity contribution in [2.75, 3.05) is 5.32 Å². The Labute approximate surface area is 148 Å². The summed E-state index contributed by atoms with van der Waals surface area (Å²) >= 11 is 1.17. The van der Waals surface area contributed by atoms with E-state index in [0.717, 1.165) is 5.56 Å². The monoisotopic (exact) mass is 356 g/mol. The average molecular weight is 356 g/mol. The molecule has 0 radical (unpaired) electrons. The smallest absolute Gasteiger partial charge is 0.238 e. The van der Waals surface area contributed by atoms with Crippen LogP contribution < -0.4 is 10.6 Å². The van der Waals surface area contributed by atoms with Gasteiger partial charge in [0.2, 0.25) is 11.8 Å². The molecule has 1 atom stereocenters. The zero-order valence-corrected chi connectivity index (χ0v) is 14.2. The average Bonchev–Trinajstić information content (AvgIpc) is 3.08. The molecule has 0 spiro atoms. The molecule has 1 aromatic heterocycles. The Morgan fingerprint density at radius 2 is 2.28 bits per heavy atom. The molecule has 1 aliphatic rings. The second-order valence-electron chi connectivity index (χ2n) is 5.38. The van der Waals surface area contributed by atoms with E-state index in [9.17, 15) is 9.59 Å². The van der Waals surface area contributed by atoms with Crippen molar-refractivity contribution in [2.45, 2.75) is 18.6 Å². The van der Waals surface area contributed by atoms with Gasteiger partial charge in [0.1, 0.15) is 11.0 Å². The van der Waals surface area contributed by atoms with Crippen LogP contribution in [0.4, 0.5) is 5.69 Å². The molecule has 2 aromatic rings. The summed E-state index contributed by atoms with van der Waals surface area (Å²) in [6.07, 6.45) is 3.04. The molecule has 1 fully saturated rings. The molecule has 0 saturated carbocycles. The van der Waals surface area contributed by atoms with E-state index in [0.29, 0.717) is 11.4 Å². The lowest BCUT2D eigenvalue weighted by Gasteiger charge is -2.21. The van der Waals surface area contributed by atoms with Gasteiger partial charge in [-0.05, 0) is 36.8 Å². The molecule has 3 rings (SSSR count). The summed E-state index contributed by atoms with van der Waals surface area (Å²) < 4.78 is 5.10. The number of carbonyl (C=O) groups excluding carboxylic acids is 2. The van der Waals surface area contributed by atoms with Crippen LogP contribution in [0.15, 0.2) is 57.3 Å². The van der Waals surface area contributed by atoms with Gasteiger partial charge in [0.25, 0.3) is 0 Å². The molecule has 2 amide bonds. The van der Waals surface area contributed by atoms with Crippen molar-refractivity contribution < 1.29 is 14.0 Å². The number of anilines is 1. The van der Waals surface area contributed by atoms with Crippen LogP contribution in [0, 0.1) is 6.92 Å². The number of amides is 2. The second-order valence-corrected chi connectivity index (χ2v) is 6.57. The van der Waals surface area contributed by atoms with E-state index in [-0.39, 0.29) is 23.4 Å². The minimum Gasteiger partial charge on any atom is -0.463 e. The zero-order chi connectivity index (χ0) is 17.6. The molecular formula is C17H16N4O3S. The fraction of sp³-hybridized carbons (Fsp3) is 0.176. The predicted octanol–water partition coefficient (Wildman–Crippen LogP) is 2.54. The van der Waals surface area contributed by atoms with Crippen LogP contribution in [0.25, 0.3) is 0 Å². The number of carbonyl (C=O) groups is 2. The summed E-state index contributed by atoms with van der Waals surface area (Å²) in [5.41, 5.74) is 1.74.